The van der Waals surface area contributed by atoms with Crippen LogP contribution in [0.2, 0.25) is 5.02 Å². The van der Waals surface area contributed by atoms with Gasteiger partial charge in [0.1, 0.15) is 0 Å². The molecular formula is C18H25ClN2. The van der Waals surface area contributed by atoms with Crippen molar-refractivity contribution in [3.63, 3.8) is 0 Å². The van der Waals surface area contributed by atoms with Crippen LogP contribution in [0.1, 0.15) is 43.9 Å². The maximum Gasteiger partial charge on any atom is 0.0409 e. The molecule has 3 saturated heterocycles. The van der Waals surface area contributed by atoms with E-state index in [1.807, 2.05) is 6.07 Å². The summed E-state index contributed by atoms with van der Waals surface area (Å²) in [5, 5.41) is 4.89. The number of nitrogens with one attached hydrogen (secondary N) is 1. The first-order valence-electron chi connectivity index (χ1n) is 8.30. The van der Waals surface area contributed by atoms with Gasteiger partial charge in [-0.15, -0.1) is 0 Å². The Morgan fingerprint density at radius 1 is 1.24 bits per heavy atom. The van der Waals surface area contributed by atoms with Crippen molar-refractivity contribution in [3.8, 4) is 0 Å². The van der Waals surface area contributed by atoms with Crippen LogP contribution in [-0.2, 0) is 6.42 Å². The molecule has 3 fully saturated rings. The second-order valence-electron chi connectivity index (χ2n) is 7.85. The Bertz CT molecular complexity index is 546. The average molecular weight is 305 g/mol. The van der Waals surface area contributed by atoms with Gasteiger partial charge in [0, 0.05) is 23.7 Å². The summed E-state index contributed by atoms with van der Waals surface area (Å²) in [6.07, 6.45) is 3.89. The first-order chi connectivity index (χ1) is 10.0. The van der Waals surface area contributed by atoms with Gasteiger partial charge in [0.25, 0.3) is 0 Å². The first kappa shape index (κ1) is 14.0. The second kappa shape index (κ2) is 4.97. The van der Waals surface area contributed by atoms with Crippen molar-refractivity contribution in [1.82, 2.24) is 10.2 Å². The highest BCUT2D eigenvalue weighted by molar-refractivity contribution is 6.30. The fraction of sp³-hybridized carbons (Fsp3) is 0.667. The van der Waals surface area contributed by atoms with Crippen LogP contribution in [-0.4, -0.2) is 30.6 Å². The molecule has 2 atom stereocenters. The molecule has 4 aliphatic rings. The fourth-order valence-electron chi connectivity index (χ4n) is 4.69. The molecule has 0 radical (unpaired) electrons. The zero-order chi connectivity index (χ0) is 14.6. The van der Waals surface area contributed by atoms with E-state index in [-0.39, 0.29) is 5.41 Å². The average Bonchev–Trinajstić information content (AvgIpc) is 2.71. The first-order valence-corrected chi connectivity index (χ1v) is 8.67. The van der Waals surface area contributed by atoms with Gasteiger partial charge in [-0.1, -0.05) is 31.5 Å². The standard InChI is InChI=1S/C18H25ClN2/c1-18(2)10-13-3-4-14(19)9-15(13)17(18)20-16-11-21-7-5-12(16)6-8-21/h3-4,9,12,16-17,20H,5-8,10-11H2,1-2H3. The third-order valence-corrected chi connectivity index (χ3v) is 6.12. The van der Waals surface area contributed by atoms with Crippen molar-refractivity contribution in [2.75, 3.05) is 19.6 Å². The second-order valence-corrected chi connectivity index (χ2v) is 8.29. The molecule has 1 N–H and O–H groups in total. The minimum Gasteiger partial charge on any atom is -0.305 e. The molecule has 1 aromatic rings. The number of benzene rings is 1. The van der Waals surface area contributed by atoms with Gasteiger partial charge in [0.05, 0.1) is 0 Å². The van der Waals surface area contributed by atoms with E-state index in [4.69, 9.17) is 11.6 Å². The monoisotopic (exact) mass is 304 g/mol. The van der Waals surface area contributed by atoms with Crippen molar-refractivity contribution >= 4 is 11.6 Å². The van der Waals surface area contributed by atoms with Gasteiger partial charge in [-0.05, 0) is 66.9 Å². The number of hydrogen-bond acceptors (Lipinski definition) is 2. The molecule has 3 heteroatoms. The zero-order valence-corrected chi connectivity index (χ0v) is 13.8. The molecule has 3 aliphatic heterocycles. The summed E-state index contributed by atoms with van der Waals surface area (Å²) >= 11 is 6.25. The predicted molar refractivity (Wildman–Crippen MR) is 87.8 cm³/mol. The topological polar surface area (TPSA) is 15.3 Å². The van der Waals surface area contributed by atoms with Gasteiger partial charge in [0.2, 0.25) is 0 Å². The van der Waals surface area contributed by atoms with Crippen LogP contribution >= 0.6 is 11.6 Å². The van der Waals surface area contributed by atoms with Crippen LogP contribution in [0.5, 0.6) is 0 Å². The Labute approximate surface area is 132 Å². The van der Waals surface area contributed by atoms with Crippen LogP contribution < -0.4 is 5.32 Å². The number of piperidine rings is 3. The van der Waals surface area contributed by atoms with E-state index in [2.05, 4.69) is 36.2 Å². The molecule has 0 spiro atoms. The van der Waals surface area contributed by atoms with Crippen LogP contribution in [0.25, 0.3) is 0 Å². The summed E-state index contributed by atoms with van der Waals surface area (Å²) < 4.78 is 0. The molecule has 0 aromatic heterocycles. The van der Waals surface area contributed by atoms with Crippen LogP contribution in [0.4, 0.5) is 0 Å². The van der Waals surface area contributed by atoms with E-state index in [9.17, 15) is 0 Å². The lowest BCUT2D eigenvalue weighted by molar-refractivity contribution is 0.0574. The third-order valence-electron chi connectivity index (χ3n) is 5.88. The molecular weight excluding hydrogens is 280 g/mol. The number of rotatable bonds is 2. The Hall–Kier alpha value is -0.570. The van der Waals surface area contributed by atoms with Gasteiger partial charge in [-0.25, -0.2) is 0 Å². The van der Waals surface area contributed by atoms with Crippen LogP contribution in [0, 0.1) is 11.3 Å². The van der Waals surface area contributed by atoms with Gasteiger partial charge in [-0.3, -0.25) is 0 Å². The minimum absolute atomic E-state index is 0.277. The third kappa shape index (κ3) is 2.42. The summed E-state index contributed by atoms with van der Waals surface area (Å²) in [5.41, 5.74) is 3.19. The molecule has 0 amide bonds. The summed E-state index contributed by atoms with van der Waals surface area (Å²) in [7, 11) is 0. The maximum atomic E-state index is 6.25. The maximum absolute atomic E-state index is 6.25. The Balaban J connectivity index is 1.60. The number of hydrogen-bond donors (Lipinski definition) is 1. The van der Waals surface area contributed by atoms with Gasteiger partial charge >= 0.3 is 0 Å². The molecule has 3 heterocycles. The molecule has 5 rings (SSSR count). The molecule has 21 heavy (non-hydrogen) atoms. The number of halogens is 1. The number of fused-ring (bicyclic) bond motifs is 4. The Kier molecular flexibility index (Phi) is 3.33. The highest BCUT2D eigenvalue weighted by Crippen LogP contribution is 2.47. The largest absolute Gasteiger partial charge is 0.305 e. The van der Waals surface area contributed by atoms with E-state index in [0.717, 1.165) is 17.4 Å². The summed E-state index contributed by atoms with van der Waals surface area (Å²) in [5.74, 6) is 0.869. The van der Waals surface area contributed by atoms with Crippen molar-refractivity contribution in [3.05, 3.63) is 34.3 Å². The quantitative estimate of drug-likeness (QED) is 0.897. The summed E-state index contributed by atoms with van der Waals surface area (Å²) in [4.78, 5) is 2.62. The molecule has 2 nitrogen and oxygen atoms in total. The fourth-order valence-corrected chi connectivity index (χ4v) is 4.87. The molecule has 2 unspecified atom stereocenters. The molecule has 1 aliphatic carbocycles. The van der Waals surface area contributed by atoms with E-state index in [1.165, 1.54) is 43.6 Å². The lowest BCUT2D eigenvalue weighted by atomic mass is 9.80. The normalized spacial score (nSPS) is 36.7. The predicted octanol–water partition coefficient (Wildman–Crippen LogP) is 3.65. The van der Waals surface area contributed by atoms with Gasteiger partial charge in [-0.2, -0.15) is 0 Å². The summed E-state index contributed by atoms with van der Waals surface area (Å²) in [6.45, 7) is 8.62. The van der Waals surface area contributed by atoms with Crippen LogP contribution in [0.3, 0.4) is 0 Å². The smallest absolute Gasteiger partial charge is 0.0409 e. The van der Waals surface area contributed by atoms with Crippen molar-refractivity contribution < 1.29 is 0 Å². The molecule has 0 saturated carbocycles. The van der Waals surface area contributed by atoms with E-state index >= 15 is 0 Å². The molecule has 1 aromatic carbocycles. The SMILES string of the molecule is CC1(C)Cc2ccc(Cl)cc2C1NC1CN2CCC1CC2. The van der Waals surface area contributed by atoms with Crippen molar-refractivity contribution in [2.45, 2.75) is 45.2 Å². The minimum atomic E-state index is 0.277. The van der Waals surface area contributed by atoms with Crippen molar-refractivity contribution in [2.24, 2.45) is 11.3 Å². The summed E-state index contributed by atoms with van der Waals surface area (Å²) in [6, 6.07) is 7.54. The Morgan fingerprint density at radius 2 is 2.00 bits per heavy atom. The number of nitrogens with zero attached hydrogens (tertiary/aromatic N) is 1. The highest BCUT2D eigenvalue weighted by Gasteiger charge is 2.43. The zero-order valence-electron chi connectivity index (χ0n) is 13.0. The Morgan fingerprint density at radius 3 is 2.67 bits per heavy atom. The molecule has 114 valence electrons. The lowest BCUT2D eigenvalue weighted by Gasteiger charge is -2.47. The van der Waals surface area contributed by atoms with E-state index in [0.29, 0.717) is 12.1 Å². The van der Waals surface area contributed by atoms with E-state index < -0.39 is 0 Å². The van der Waals surface area contributed by atoms with Gasteiger partial charge in [0.15, 0.2) is 0 Å². The lowest BCUT2D eigenvalue weighted by Crippen LogP contribution is -2.57. The van der Waals surface area contributed by atoms with Gasteiger partial charge < -0.3 is 10.2 Å². The van der Waals surface area contributed by atoms with E-state index in [1.54, 1.807) is 0 Å². The molecule has 2 bridgehead atoms. The van der Waals surface area contributed by atoms with Crippen molar-refractivity contribution in [1.29, 1.82) is 0 Å². The highest BCUT2D eigenvalue weighted by atomic mass is 35.5. The van der Waals surface area contributed by atoms with Crippen LogP contribution in [0.15, 0.2) is 18.2 Å².